The maximum atomic E-state index is 12.4. The number of hydrogen-bond acceptors (Lipinski definition) is 4. The SMILES string of the molecule is CCCn1ccnc(N2CC(CCl)OC(C)(C)C2)c1=O. The van der Waals surface area contributed by atoms with Crippen LogP contribution < -0.4 is 10.5 Å². The molecule has 5 nitrogen and oxygen atoms in total. The molecule has 20 heavy (non-hydrogen) atoms. The van der Waals surface area contributed by atoms with E-state index in [1.54, 1.807) is 17.0 Å². The fourth-order valence-electron chi connectivity index (χ4n) is 2.61. The lowest BCUT2D eigenvalue weighted by Crippen LogP contribution is -2.55. The topological polar surface area (TPSA) is 47.4 Å². The van der Waals surface area contributed by atoms with E-state index in [2.05, 4.69) is 4.98 Å². The minimum atomic E-state index is -0.336. The van der Waals surface area contributed by atoms with Gasteiger partial charge in [-0.1, -0.05) is 6.92 Å². The summed E-state index contributed by atoms with van der Waals surface area (Å²) in [6.45, 7) is 8.01. The number of anilines is 1. The quantitative estimate of drug-likeness (QED) is 0.797. The van der Waals surface area contributed by atoms with Crippen molar-refractivity contribution >= 4 is 17.4 Å². The van der Waals surface area contributed by atoms with Crippen LogP contribution in [0.1, 0.15) is 27.2 Å². The van der Waals surface area contributed by atoms with E-state index >= 15 is 0 Å². The molecule has 1 aromatic rings. The minimum absolute atomic E-state index is 0.0413. The standard InChI is InChI=1S/C14H22ClN3O2/c1-4-6-17-7-5-16-12(13(17)19)18-9-11(8-15)20-14(2,3)10-18/h5,7,11H,4,6,8-10H2,1-3H3. The highest BCUT2D eigenvalue weighted by molar-refractivity contribution is 6.18. The molecule has 1 atom stereocenters. The molecule has 1 aromatic heterocycles. The molecule has 0 spiro atoms. The van der Waals surface area contributed by atoms with Crippen molar-refractivity contribution in [3.8, 4) is 0 Å². The fourth-order valence-corrected chi connectivity index (χ4v) is 2.77. The molecule has 1 unspecified atom stereocenters. The van der Waals surface area contributed by atoms with Gasteiger partial charge in [0.05, 0.1) is 17.6 Å². The first-order valence-electron chi connectivity index (χ1n) is 7.01. The lowest BCUT2D eigenvalue weighted by molar-refractivity contribution is -0.0737. The predicted molar refractivity (Wildman–Crippen MR) is 80.7 cm³/mol. The van der Waals surface area contributed by atoms with Crippen molar-refractivity contribution in [2.45, 2.75) is 45.4 Å². The third-order valence-electron chi connectivity index (χ3n) is 3.31. The summed E-state index contributed by atoms with van der Waals surface area (Å²) < 4.78 is 7.59. The van der Waals surface area contributed by atoms with Crippen LogP contribution in [0, 0.1) is 0 Å². The van der Waals surface area contributed by atoms with E-state index in [9.17, 15) is 4.79 Å². The number of hydrogen-bond donors (Lipinski definition) is 0. The van der Waals surface area contributed by atoms with E-state index in [1.807, 2.05) is 25.7 Å². The van der Waals surface area contributed by atoms with Crippen molar-refractivity contribution in [1.29, 1.82) is 0 Å². The van der Waals surface area contributed by atoms with Crippen LogP contribution in [0.2, 0.25) is 0 Å². The molecular formula is C14H22ClN3O2. The van der Waals surface area contributed by atoms with Crippen LogP contribution in [0.25, 0.3) is 0 Å². The highest BCUT2D eigenvalue weighted by atomic mass is 35.5. The number of aromatic nitrogens is 2. The predicted octanol–water partition coefficient (Wildman–Crippen LogP) is 1.88. The van der Waals surface area contributed by atoms with Crippen LogP contribution in [-0.4, -0.2) is 40.2 Å². The third-order valence-corrected chi connectivity index (χ3v) is 3.66. The van der Waals surface area contributed by atoms with Gasteiger partial charge in [-0.2, -0.15) is 0 Å². The van der Waals surface area contributed by atoms with Gasteiger partial charge in [0.2, 0.25) is 0 Å². The van der Waals surface area contributed by atoms with E-state index in [4.69, 9.17) is 16.3 Å². The molecule has 0 N–H and O–H groups in total. The second-order valence-corrected chi connectivity index (χ2v) is 6.09. The van der Waals surface area contributed by atoms with Gasteiger partial charge in [0.1, 0.15) is 0 Å². The fraction of sp³-hybridized carbons (Fsp3) is 0.714. The van der Waals surface area contributed by atoms with Crippen LogP contribution in [0.3, 0.4) is 0 Å². The zero-order valence-electron chi connectivity index (χ0n) is 12.3. The Bertz CT molecular complexity index is 515. The number of ether oxygens (including phenoxy) is 1. The first-order valence-corrected chi connectivity index (χ1v) is 7.54. The van der Waals surface area contributed by atoms with Crippen LogP contribution >= 0.6 is 11.6 Å². The van der Waals surface area contributed by atoms with E-state index in [1.165, 1.54) is 0 Å². The molecule has 0 aromatic carbocycles. The molecule has 0 bridgehead atoms. The van der Waals surface area contributed by atoms with Crippen molar-refractivity contribution in [2.24, 2.45) is 0 Å². The zero-order valence-corrected chi connectivity index (χ0v) is 13.1. The Labute approximate surface area is 124 Å². The van der Waals surface area contributed by atoms with E-state index < -0.39 is 0 Å². The average Bonchev–Trinajstić information content (AvgIpc) is 2.39. The molecule has 1 saturated heterocycles. The monoisotopic (exact) mass is 299 g/mol. The van der Waals surface area contributed by atoms with Crippen molar-refractivity contribution in [1.82, 2.24) is 9.55 Å². The van der Waals surface area contributed by atoms with Gasteiger partial charge in [-0.25, -0.2) is 4.98 Å². The molecule has 1 aliphatic rings. The molecule has 2 heterocycles. The molecule has 1 aliphatic heterocycles. The van der Waals surface area contributed by atoms with Gasteiger partial charge in [0, 0.05) is 32.0 Å². The van der Waals surface area contributed by atoms with Gasteiger partial charge in [0.15, 0.2) is 5.82 Å². The minimum Gasteiger partial charge on any atom is -0.367 e. The highest BCUT2D eigenvalue weighted by Crippen LogP contribution is 2.23. The Kier molecular flexibility index (Phi) is 4.70. The molecule has 2 rings (SSSR count). The first-order chi connectivity index (χ1) is 9.46. The Morgan fingerprint density at radius 2 is 2.30 bits per heavy atom. The second-order valence-electron chi connectivity index (χ2n) is 5.78. The summed E-state index contributed by atoms with van der Waals surface area (Å²) in [5.41, 5.74) is -0.377. The lowest BCUT2D eigenvalue weighted by atomic mass is 10.1. The molecule has 112 valence electrons. The second kappa shape index (κ2) is 6.14. The molecule has 0 saturated carbocycles. The molecule has 0 radical (unpaired) electrons. The lowest BCUT2D eigenvalue weighted by Gasteiger charge is -2.42. The average molecular weight is 300 g/mol. The maximum Gasteiger partial charge on any atom is 0.293 e. The number of alkyl halides is 1. The Morgan fingerprint density at radius 1 is 1.55 bits per heavy atom. The van der Waals surface area contributed by atoms with Crippen LogP contribution in [0.4, 0.5) is 5.82 Å². The van der Waals surface area contributed by atoms with E-state index in [-0.39, 0.29) is 17.3 Å². The number of nitrogens with zero attached hydrogens (tertiary/aromatic N) is 3. The van der Waals surface area contributed by atoms with Gasteiger partial charge in [-0.3, -0.25) is 4.79 Å². The number of halogens is 1. The Morgan fingerprint density at radius 3 is 2.95 bits per heavy atom. The van der Waals surface area contributed by atoms with Gasteiger partial charge in [-0.15, -0.1) is 11.6 Å². The van der Waals surface area contributed by atoms with Crippen molar-refractivity contribution in [2.75, 3.05) is 23.9 Å². The third kappa shape index (κ3) is 3.33. The number of aryl methyl sites for hydroxylation is 1. The maximum absolute atomic E-state index is 12.4. The summed E-state index contributed by atoms with van der Waals surface area (Å²) in [6, 6.07) is 0. The molecule has 0 aliphatic carbocycles. The van der Waals surface area contributed by atoms with Gasteiger partial charge < -0.3 is 14.2 Å². The van der Waals surface area contributed by atoms with E-state index in [0.717, 1.165) is 6.42 Å². The highest BCUT2D eigenvalue weighted by Gasteiger charge is 2.34. The van der Waals surface area contributed by atoms with E-state index in [0.29, 0.717) is 31.3 Å². The van der Waals surface area contributed by atoms with Gasteiger partial charge in [0.25, 0.3) is 5.56 Å². The normalized spacial score (nSPS) is 22.0. The summed E-state index contributed by atoms with van der Waals surface area (Å²) in [5.74, 6) is 0.906. The molecular weight excluding hydrogens is 278 g/mol. The van der Waals surface area contributed by atoms with Crippen molar-refractivity contribution in [3.63, 3.8) is 0 Å². The number of rotatable bonds is 4. The van der Waals surface area contributed by atoms with Crippen molar-refractivity contribution < 1.29 is 4.74 Å². The summed E-state index contributed by atoms with van der Waals surface area (Å²) >= 11 is 5.93. The number of morpholine rings is 1. The summed E-state index contributed by atoms with van der Waals surface area (Å²) in [4.78, 5) is 18.7. The van der Waals surface area contributed by atoms with Crippen LogP contribution in [0.15, 0.2) is 17.2 Å². The molecule has 0 amide bonds. The van der Waals surface area contributed by atoms with Gasteiger partial charge >= 0.3 is 0 Å². The van der Waals surface area contributed by atoms with Crippen LogP contribution in [-0.2, 0) is 11.3 Å². The van der Waals surface area contributed by atoms with Crippen LogP contribution in [0.5, 0.6) is 0 Å². The Balaban J connectivity index is 2.31. The Hall–Kier alpha value is -1.07. The molecule has 6 heteroatoms. The summed E-state index contributed by atoms with van der Waals surface area (Å²) in [6.07, 6.45) is 4.26. The van der Waals surface area contributed by atoms with Gasteiger partial charge in [-0.05, 0) is 20.3 Å². The molecule has 1 fully saturated rings. The largest absolute Gasteiger partial charge is 0.367 e. The summed E-state index contributed by atoms with van der Waals surface area (Å²) in [7, 11) is 0. The zero-order chi connectivity index (χ0) is 14.8. The smallest absolute Gasteiger partial charge is 0.293 e. The van der Waals surface area contributed by atoms with Crippen molar-refractivity contribution in [3.05, 3.63) is 22.7 Å². The summed E-state index contributed by atoms with van der Waals surface area (Å²) in [5, 5.41) is 0. The first kappa shape index (κ1) is 15.3.